The average molecular weight is 371 g/mol. The van der Waals surface area contributed by atoms with Crippen molar-refractivity contribution in [2.75, 3.05) is 11.1 Å². The van der Waals surface area contributed by atoms with Gasteiger partial charge in [-0.2, -0.15) is 4.98 Å². The van der Waals surface area contributed by atoms with Crippen LogP contribution in [0, 0.1) is 0 Å². The summed E-state index contributed by atoms with van der Waals surface area (Å²) in [7, 11) is 0. The van der Waals surface area contributed by atoms with Crippen molar-refractivity contribution in [3.05, 3.63) is 85.5 Å². The Morgan fingerprint density at radius 3 is 2.25 bits per heavy atom. The highest BCUT2D eigenvalue weighted by atomic mass is 16.5. The quantitative estimate of drug-likeness (QED) is 0.503. The molecule has 2 aromatic carbocycles. The van der Waals surface area contributed by atoms with Crippen molar-refractivity contribution in [2.45, 2.75) is 0 Å². The number of nitrogens with one attached hydrogen (secondary N) is 1. The predicted octanol–water partition coefficient (Wildman–Crippen LogP) is 4.78. The van der Waals surface area contributed by atoms with Crippen LogP contribution in [0.15, 0.2) is 85.5 Å². The number of nitrogen functional groups attached to an aromatic ring is 1. The van der Waals surface area contributed by atoms with E-state index in [4.69, 9.17) is 15.2 Å². The number of rotatable bonds is 6. The smallest absolute Gasteiger partial charge is 0.248 e. The van der Waals surface area contributed by atoms with Gasteiger partial charge in [0.15, 0.2) is 5.82 Å². The van der Waals surface area contributed by atoms with Crippen molar-refractivity contribution in [2.24, 2.45) is 0 Å². The number of hydrogen-bond acceptors (Lipinski definition) is 7. The molecular weight excluding hydrogens is 354 g/mol. The summed E-state index contributed by atoms with van der Waals surface area (Å²) in [6.07, 6.45) is 4.63. The van der Waals surface area contributed by atoms with E-state index >= 15 is 0 Å². The van der Waals surface area contributed by atoms with Gasteiger partial charge in [0.1, 0.15) is 29.3 Å². The molecule has 2 heterocycles. The first-order valence-corrected chi connectivity index (χ1v) is 8.56. The van der Waals surface area contributed by atoms with Gasteiger partial charge in [0.05, 0.1) is 6.20 Å². The predicted molar refractivity (Wildman–Crippen MR) is 107 cm³/mol. The van der Waals surface area contributed by atoms with Gasteiger partial charge in [-0.1, -0.05) is 18.2 Å². The molecule has 0 unspecified atom stereocenters. The summed E-state index contributed by atoms with van der Waals surface area (Å²) in [6, 6.07) is 20.6. The largest absolute Gasteiger partial charge is 0.457 e. The molecule has 0 atom stereocenters. The van der Waals surface area contributed by atoms with E-state index < -0.39 is 0 Å². The molecule has 0 aliphatic heterocycles. The number of nitrogens with zero attached hydrogens (tertiary/aromatic N) is 3. The molecule has 0 aliphatic rings. The van der Waals surface area contributed by atoms with Crippen LogP contribution in [0.5, 0.6) is 23.1 Å². The number of ether oxygens (including phenoxy) is 2. The first-order valence-electron chi connectivity index (χ1n) is 8.56. The van der Waals surface area contributed by atoms with Gasteiger partial charge in [0.25, 0.3) is 0 Å². The van der Waals surface area contributed by atoms with Crippen molar-refractivity contribution >= 4 is 17.2 Å². The van der Waals surface area contributed by atoms with Crippen LogP contribution in [0.4, 0.5) is 17.2 Å². The Morgan fingerprint density at radius 2 is 1.50 bits per heavy atom. The fourth-order valence-electron chi connectivity index (χ4n) is 2.45. The van der Waals surface area contributed by atoms with Gasteiger partial charge >= 0.3 is 0 Å². The Hall–Kier alpha value is -4.13. The Labute approximate surface area is 161 Å². The van der Waals surface area contributed by atoms with Crippen molar-refractivity contribution in [3.8, 4) is 23.1 Å². The first-order chi connectivity index (χ1) is 13.8. The van der Waals surface area contributed by atoms with E-state index in [1.165, 1.54) is 6.33 Å². The molecule has 28 heavy (non-hydrogen) atoms. The summed E-state index contributed by atoms with van der Waals surface area (Å²) >= 11 is 0. The van der Waals surface area contributed by atoms with Crippen molar-refractivity contribution in [1.82, 2.24) is 15.0 Å². The Kier molecular flexibility index (Phi) is 4.97. The van der Waals surface area contributed by atoms with E-state index in [0.29, 0.717) is 17.3 Å². The molecule has 0 saturated heterocycles. The lowest BCUT2D eigenvalue weighted by Crippen LogP contribution is -2.03. The molecule has 0 amide bonds. The number of benzene rings is 2. The van der Waals surface area contributed by atoms with Crippen LogP contribution in [0.2, 0.25) is 0 Å². The van der Waals surface area contributed by atoms with Crippen LogP contribution in [-0.2, 0) is 0 Å². The molecule has 0 bridgehead atoms. The molecule has 7 heteroatoms. The summed E-state index contributed by atoms with van der Waals surface area (Å²) < 4.78 is 11.5. The van der Waals surface area contributed by atoms with Crippen molar-refractivity contribution in [3.63, 3.8) is 0 Å². The average Bonchev–Trinajstić information content (AvgIpc) is 2.74. The maximum atomic E-state index is 6.15. The molecule has 2 aromatic heterocycles. The normalized spacial score (nSPS) is 10.3. The molecule has 3 N–H and O–H groups in total. The van der Waals surface area contributed by atoms with Gasteiger partial charge in [0.2, 0.25) is 5.88 Å². The Morgan fingerprint density at radius 1 is 0.750 bits per heavy atom. The van der Waals surface area contributed by atoms with Crippen LogP contribution >= 0.6 is 0 Å². The van der Waals surface area contributed by atoms with Crippen LogP contribution in [0.25, 0.3) is 0 Å². The van der Waals surface area contributed by atoms with Crippen molar-refractivity contribution < 1.29 is 9.47 Å². The Bertz CT molecular complexity index is 1040. The highest BCUT2D eigenvalue weighted by Crippen LogP contribution is 2.31. The van der Waals surface area contributed by atoms with Gasteiger partial charge in [-0.05, 0) is 48.5 Å². The maximum absolute atomic E-state index is 6.15. The summed E-state index contributed by atoms with van der Waals surface area (Å²) in [5, 5.41) is 3.16. The number of anilines is 3. The molecule has 138 valence electrons. The third-order valence-electron chi connectivity index (χ3n) is 3.79. The second-order valence-corrected chi connectivity index (χ2v) is 5.80. The molecule has 4 aromatic rings. The molecule has 0 spiro atoms. The lowest BCUT2D eigenvalue weighted by Gasteiger charge is -2.12. The fourth-order valence-corrected chi connectivity index (χ4v) is 2.45. The number of para-hydroxylation sites is 1. The van der Waals surface area contributed by atoms with E-state index in [1.807, 2.05) is 54.6 Å². The van der Waals surface area contributed by atoms with E-state index in [9.17, 15) is 0 Å². The number of hydrogen-bond donors (Lipinski definition) is 2. The molecule has 0 aliphatic carbocycles. The second-order valence-electron chi connectivity index (χ2n) is 5.80. The van der Waals surface area contributed by atoms with Gasteiger partial charge in [-0.25, -0.2) is 4.98 Å². The minimum Gasteiger partial charge on any atom is -0.457 e. The molecular formula is C21H17N5O2. The topological polar surface area (TPSA) is 95.2 Å². The molecule has 0 fully saturated rings. The third-order valence-corrected chi connectivity index (χ3v) is 3.79. The number of aromatic nitrogens is 3. The fraction of sp³-hybridized carbons (Fsp3) is 0. The number of pyridine rings is 1. The molecule has 4 rings (SSSR count). The minimum atomic E-state index is 0.259. The van der Waals surface area contributed by atoms with E-state index in [0.717, 1.165) is 17.2 Å². The highest BCUT2D eigenvalue weighted by Gasteiger charge is 2.11. The first kappa shape index (κ1) is 17.3. The van der Waals surface area contributed by atoms with E-state index in [2.05, 4.69) is 20.3 Å². The van der Waals surface area contributed by atoms with E-state index in [1.54, 1.807) is 24.5 Å². The lowest BCUT2D eigenvalue weighted by molar-refractivity contribution is 0.462. The summed E-state index contributed by atoms with van der Waals surface area (Å²) in [4.78, 5) is 12.3. The van der Waals surface area contributed by atoms with Gasteiger partial charge < -0.3 is 20.5 Å². The third kappa shape index (κ3) is 4.16. The standard InChI is InChI=1S/C21H17N5O2/c22-19-20(24-14-25-21(19)28-18-7-4-12-23-13-18)26-15-8-10-17(11-9-15)27-16-5-2-1-3-6-16/h1-14H,22H2,(H,24,25,26). The summed E-state index contributed by atoms with van der Waals surface area (Å²) in [5.41, 5.74) is 7.26. The highest BCUT2D eigenvalue weighted by molar-refractivity contribution is 5.72. The Balaban J connectivity index is 1.47. The number of nitrogens with two attached hydrogens (primary N) is 1. The zero-order valence-electron chi connectivity index (χ0n) is 14.8. The van der Waals surface area contributed by atoms with Gasteiger partial charge in [-0.3, -0.25) is 4.98 Å². The van der Waals surface area contributed by atoms with Gasteiger partial charge in [-0.15, -0.1) is 0 Å². The zero-order valence-corrected chi connectivity index (χ0v) is 14.8. The SMILES string of the molecule is Nc1c(Nc2ccc(Oc3ccccc3)cc2)ncnc1Oc1cccnc1. The van der Waals surface area contributed by atoms with Crippen molar-refractivity contribution in [1.29, 1.82) is 0 Å². The molecule has 0 radical (unpaired) electrons. The van der Waals surface area contributed by atoms with E-state index in [-0.39, 0.29) is 5.88 Å². The van der Waals surface area contributed by atoms with Gasteiger partial charge in [0, 0.05) is 11.9 Å². The second kappa shape index (κ2) is 8.05. The molecule has 7 nitrogen and oxygen atoms in total. The summed E-state index contributed by atoms with van der Waals surface area (Å²) in [5.74, 6) is 2.76. The monoisotopic (exact) mass is 371 g/mol. The summed E-state index contributed by atoms with van der Waals surface area (Å²) in [6.45, 7) is 0. The lowest BCUT2D eigenvalue weighted by atomic mass is 10.3. The van der Waals surface area contributed by atoms with Crippen LogP contribution in [-0.4, -0.2) is 15.0 Å². The zero-order chi connectivity index (χ0) is 19.2. The van der Waals surface area contributed by atoms with Crippen LogP contribution < -0.4 is 20.5 Å². The maximum Gasteiger partial charge on any atom is 0.248 e. The molecule has 0 saturated carbocycles. The minimum absolute atomic E-state index is 0.259. The van der Waals surface area contributed by atoms with Crippen LogP contribution in [0.3, 0.4) is 0 Å². The van der Waals surface area contributed by atoms with Crippen LogP contribution in [0.1, 0.15) is 0 Å².